The number of hydrogen-bond donors (Lipinski definition) is 3. The summed E-state index contributed by atoms with van der Waals surface area (Å²) in [6.45, 7) is 3.86. The Bertz CT molecular complexity index is 725. The van der Waals surface area contributed by atoms with Gasteiger partial charge >= 0.3 is 0 Å². The fourth-order valence-electron chi connectivity index (χ4n) is 3.25. The van der Waals surface area contributed by atoms with E-state index in [0.717, 1.165) is 12.8 Å². The molecule has 0 spiro atoms. The van der Waals surface area contributed by atoms with Crippen LogP contribution in [-0.4, -0.2) is 34.0 Å². The van der Waals surface area contributed by atoms with Gasteiger partial charge in [0.1, 0.15) is 11.3 Å². The lowest BCUT2D eigenvalue weighted by Gasteiger charge is -2.30. The van der Waals surface area contributed by atoms with E-state index in [9.17, 15) is 19.8 Å². The Labute approximate surface area is 133 Å². The lowest BCUT2D eigenvalue weighted by molar-refractivity contribution is -0.235. The van der Waals surface area contributed by atoms with Gasteiger partial charge in [0.25, 0.3) is 11.7 Å². The lowest BCUT2D eigenvalue weighted by Crippen LogP contribution is -2.53. The van der Waals surface area contributed by atoms with Crippen molar-refractivity contribution < 1.29 is 24.5 Å². The number of Topliss-reactive ketones (excluding diaryl/α,β-unsaturated/α-hetero) is 1. The molecule has 0 fully saturated rings. The first-order valence-corrected chi connectivity index (χ1v) is 7.65. The maximum absolute atomic E-state index is 12.7. The third kappa shape index (κ3) is 1.88. The highest BCUT2D eigenvalue weighted by Gasteiger charge is 2.72. The van der Waals surface area contributed by atoms with Crippen LogP contribution in [0.2, 0.25) is 0 Å². The molecule has 3 rings (SSSR count). The number of unbranched alkanes of at least 4 members (excludes halogenated alkanes) is 1. The number of amides is 1. The Hall–Kier alpha value is -2.18. The summed E-state index contributed by atoms with van der Waals surface area (Å²) in [5.41, 5.74) is -2.32. The van der Waals surface area contributed by atoms with E-state index in [0.29, 0.717) is 6.54 Å². The van der Waals surface area contributed by atoms with E-state index < -0.39 is 23.1 Å². The van der Waals surface area contributed by atoms with Crippen molar-refractivity contribution in [3.63, 3.8) is 0 Å². The number of carbonyl (C=O) groups excluding carboxylic acids is 2. The van der Waals surface area contributed by atoms with Crippen LogP contribution < -0.4 is 5.32 Å². The summed E-state index contributed by atoms with van der Waals surface area (Å²) in [6.07, 6.45) is 1.67. The van der Waals surface area contributed by atoms with Crippen LogP contribution in [0.1, 0.15) is 42.6 Å². The molecule has 0 saturated heterocycles. The van der Waals surface area contributed by atoms with Gasteiger partial charge in [0.2, 0.25) is 11.4 Å². The van der Waals surface area contributed by atoms with Gasteiger partial charge in [0.05, 0.1) is 0 Å². The minimum Gasteiger partial charge on any atom is -0.458 e. The van der Waals surface area contributed by atoms with Gasteiger partial charge in [-0.1, -0.05) is 37.6 Å². The average molecular weight is 317 g/mol. The predicted molar refractivity (Wildman–Crippen MR) is 81.3 cm³/mol. The first-order valence-electron chi connectivity index (χ1n) is 7.65. The van der Waals surface area contributed by atoms with Gasteiger partial charge in [0.15, 0.2) is 0 Å². The minimum absolute atomic E-state index is 0.0480. The number of benzene rings is 1. The van der Waals surface area contributed by atoms with Gasteiger partial charge in [-0.15, -0.1) is 0 Å². The molecule has 1 aliphatic heterocycles. The Kier molecular flexibility index (Phi) is 3.54. The van der Waals surface area contributed by atoms with Gasteiger partial charge in [-0.2, -0.15) is 0 Å². The number of nitrogens with one attached hydrogen (secondary N) is 1. The molecule has 0 radical (unpaired) electrons. The van der Waals surface area contributed by atoms with Crippen LogP contribution in [-0.2, 0) is 15.3 Å². The zero-order chi connectivity index (χ0) is 16.8. The first-order chi connectivity index (χ1) is 10.9. The lowest BCUT2D eigenvalue weighted by atomic mass is 9.85. The Morgan fingerprint density at radius 1 is 1.30 bits per heavy atom. The monoisotopic (exact) mass is 317 g/mol. The number of rotatable bonds is 4. The summed E-state index contributed by atoms with van der Waals surface area (Å²) in [5.74, 6) is -3.54. The molecule has 3 N–H and O–H groups in total. The molecule has 0 bridgehead atoms. The second kappa shape index (κ2) is 5.18. The molecule has 0 aromatic heterocycles. The molecule has 2 unspecified atom stereocenters. The number of allylic oxidation sites excluding steroid dienone is 1. The second-order valence-corrected chi connectivity index (χ2v) is 5.87. The fraction of sp³-hybridized carbons (Fsp3) is 0.412. The summed E-state index contributed by atoms with van der Waals surface area (Å²) in [7, 11) is 0. The molecule has 1 heterocycles. The Morgan fingerprint density at radius 2 is 2.00 bits per heavy atom. The number of ether oxygens (including phenoxy) is 1. The van der Waals surface area contributed by atoms with E-state index in [2.05, 4.69) is 5.32 Å². The van der Waals surface area contributed by atoms with Gasteiger partial charge in [-0.25, -0.2) is 0 Å². The molecule has 122 valence electrons. The molecule has 2 aliphatic rings. The molecule has 23 heavy (non-hydrogen) atoms. The predicted octanol–water partition coefficient (Wildman–Crippen LogP) is 0.980. The highest BCUT2D eigenvalue weighted by atomic mass is 16.7. The average Bonchev–Trinajstić information content (AvgIpc) is 2.83. The summed E-state index contributed by atoms with van der Waals surface area (Å²) in [5, 5.41) is 24.5. The number of carbonyl (C=O) groups is 2. The maximum atomic E-state index is 12.7. The van der Waals surface area contributed by atoms with Crippen molar-refractivity contribution in [2.24, 2.45) is 0 Å². The first kappa shape index (κ1) is 15.7. The minimum atomic E-state index is -2.42. The van der Waals surface area contributed by atoms with E-state index in [1.807, 2.05) is 6.92 Å². The highest BCUT2D eigenvalue weighted by Crippen LogP contribution is 2.54. The van der Waals surface area contributed by atoms with Crippen molar-refractivity contribution in [3.8, 4) is 0 Å². The number of aliphatic hydroxyl groups is 2. The Balaban J connectivity index is 2.04. The third-order valence-corrected chi connectivity index (χ3v) is 4.41. The number of ketones is 1. The smallest absolute Gasteiger partial charge is 0.276 e. The van der Waals surface area contributed by atoms with Gasteiger partial charge < -0.3 is 20.3 Å². The molecule has 1 amide bonds. The van der Waals surface area contributed by atoms with Gasteiger partial charge in [-0.05, 0) is 13.3 Å². The number of fused-ring (bicyclic) bond motifs is 3. The standard InChI is InChI=1S/C17H19NO5/c1-3-4-9-18-15(20)13-10(2)23-17(22)12-8-6-5-7-11(12)14(19)16(13,17)21/h5-8,21-22H,3-4,9H2,1-2H3,(H,18,20). The SMILES string of the molecule is CCCCNC(=O)C1=C(C)OC2(O)c3ccccc3C(=O)C12O. The van der Waals surface area contributed by atoms with E-state index >= 15 is 0 Å². The van der Waals surface area contributed by atoms with Crippen LogP contribution in [0.15, 0.2) is 35.6 Å². The highest BCUT2D eigenvalue weighted by molar-refractivity contribution is 6.16. The maximum Gasteiger partial charge on any atom is 0.276 e. The van der Waals surface area contributed by atoms with Gasteiger partial charge in [-0.3, -0.25) is 9.59 Å². The van der Waals surface area contributed by atoms with E-state index in [1.165, 1.54) is 19.1 Å². The molecule has 6 heteroatoms. The van der Waals surface area contributed by atoms with Crippen LogP contribution in [0.5, 0.6) is 0 Å². The second-order valence-electron chi connectivity index (χ2n) is 5.87. The summed E-state index contributed by atoms with van der Waals surface area (Å²) in [4.78, 5) is 25.1. The summed E-state index contributed by atoms with van der Waals surface area (Å²) in [6, 6.07) is 6.27. The van der Waals surface area contributed by atoms with Crippen molar-refractivity contribution in [1.29, 1.82) is 0 Å². The molecular formula is C17H19NO5. The summed E-state index contributed by atoms with van der Waals surface area (Å²) < 4.78 is 5.42. The summed E-state index contributed by atoms with van der Waals surface area (Å²) >= 11 is 0. The molecular weight excluding hydrogens is 298 g/mol. The molecule has 6 nitrogen and oxygen atoms in total. The van der Waals surface area contributed by atoms with Crippen LogP contribution >= 0.6 is 0 Å². The van der Waals surface area contributed by atoms with Crippen molar-refractivity contribution >= 4 is 11.7 Å². The third-order valence-electron chi connectivity index (χ3n) is 4.41. The molecule has 1 aromatic carbocycles. The van der Waals surface area contributed by atoms with Crippen molar-refractivity contribution in [3.05, 3.63) is 46.7 Å². The van der Waals surface area contributed by atoms with E-state index in [4.69, 9.17) is 4.74 Å². The van der Waals surface area contributed by atoms with Crippen LogP contribution in [0, 0.1) is 0 Å². The molecule has 0 saturated carbocycles. The Morgan fingerprint density at radius 3 is 2.70 bits per heavy atom. The van der Waals surface area contributed by atoms with Crippen molar-refractivity contribution in [2.75, 3.05) is 6.54 Å². The van der Waals surface area contributed by atoms with E-state index in [1.54, 1.807) is 12.1 Å². The van der Waals surface area contributed by atoms with E-state index in [-0.39, 0.29) is 22.5 Å². The molecule has 1 aromatic rings. The fourth-order valence-corrected chi connectivity index (χ4v) is 3.25. The van der Waals surface area contributed by atoms with Gasteiger partial charge in [0, 0.05) is 17.7 Å². The quantitative estimate of drug-likeness (QED) is 0.720. The van der Waals surface area contributed by atoms with Crippen LogP contribution in [0.3, 0.4) is 0 Å². The molecule has 2 atom stereocenters. The van der Waals surface area contributed by atoms with Crippen LogP contribution in [0.25, 0.3) is 0 Å². The zero-order valence-corrected chi connectivity index (χ0v) is 13.0. The number of hydrogen-bond acceptors (Lipinski definition) is 5. The zero-order valence-electron chi connectivity index (χ0n) is 13.0. The van der Waals surface area contributed by atoms with Crippen molar-refractivity contribution in [2.45, 2.75) is 38.1 Å². The van der Waals surface area contributed by atoms with Crippen LogP contribution in [0.4, 0.5) is 0 Å². The van der Waals surface area contributed by atoms with Crippen molar-refractivity contribution in [1.82, 2.24) is 5.32 Å². The largest absolute Gasteiger partial charge is 0.458 e. The molecule has 1 aliphatic carbocycles. The topological polar surface area (TPSA) is 95.9 Å². The normalized spacial score (nSPS) is 28.4.